The largest absolute Gasteiger partial charge is 0.381 e. The van der Waals surface area contributed by atoms with Crippen molar-refractivity contribution in [2.24, 2.45) is 0 Å². The van der Waals surface area contributed by atoms with E-state index in [4.69, 9.17) is 10.00 Å². The number of aromatic nitrogens is 3. The summed E-state index contributed by atoms with van der Waals surface area (Å²) in [5.41, 5.74) is 2.05. The van der Waals surface area contributed by atoms with Gasteiger partial charge in [0.05, 0.1) is 18.2 Å². The Morgan fingerprint density at radius 3 is 2.84 bits per heavy atom. The molecule has 0 spiro atoms. The van der Waals surface area contributed by atoms with Gasteiger partial charge in [0, 0.05) is 25.7 Å². The molecule has 1 aromatic rings. The molecule has 0 aromatic carbocycles. The van der Waals surface area contributed by atoms with Crippen molar-refractivity contribution < 1.29 is 4.74 Å². The number of hydrogen-bond acceptors (Lipinski definition) is 4. The molecule has 0 amide bonds. The van der Waals surface area contributed by atoms with E-state index < -0.39 is 0 Å². The van der Waals surface area contributed by atoms with Crippen LogP contribution in [-0.4, -0.2) is 28.2 Å². The zero-order valence-electron chi connectivity index (χ0n) is 11.6. The maximum absolute atomic E-state index is 8.91. The maximum atomic E-state index is 8.91. The second-order valence-electron chi connectivity index (χ2n) is 5.07. The molecule has 104 valence electrons. The first-order valence-electron chi connectivity index (χ1n) is 7.23. The third-order valence-electron chi connectivity index (χ3n) is 3.68. The van der Waals surface area contributed by atoms with Crippen LogP contribution >= 0.6 is 0 Å². The molecule has 19 heavy (non-hydrogen) atoms. The third-order valence-corrected chi connectivity index (χ3v) is 3.68. The predicted octanol–water partition coefficient (Wildman–Crippen LogP) is 2.43. The summed E-state index contributed by atoms with van der Waals surface area (Å²) in [4.78, 5) is 0. The Bertz CT molecular complexity index is 429. The van der Waals surface area contributed by atoms with E-state index in [1.807, 2.05) is 4.68 Å². The number of nitriles is 1. The molecule has 1 aliphatic rings. The predicted molar refractivity (Wildman–Crippen MR) is 71.7 cm³/mol. The van der Waals surface area contributed by atoms with Crippen LogP contribution in [0, 0.1) is 11.3 Å². The highest BCUT2D eigenvalue weighted by Gasteiger charge is 2.24. The van der Waals surface area contributed by atoms with Gasteiger partial charge in [0.15, 0.2) is 0 Å². The molecule has 5 nitrogen and oxygen atoms in total. The number of ether oxygens (including phenoxy) is 1. The van der Waals surface area contributed by atoms with E-state index in [0.717, 1.165) is 44.7 Å². The minimum atomic E-state index is 0.362. The molecule has 0 radical (unpaired) electrons. The lowest BCUT2D eigenvalue weighted by atomic mass is 9.94. The molecule has 0 aliphatic carbocycles. The highest BCUT2D eigenvalue weighted by Crippen LogP contribution is 2.29. The number of aryl methyl sites for hydroxylation is 1. The molecule has 1 aromatic heterocycles. The van der Waals surface area contributed by atoms with Gasteiger partial charge >= 0.3 is 0 Å². The smallest absolute Gasteiger partial charge is 0.100 e. The Morgan fingerprint density at radius 2 is 2.16 bits per heavy atom. The second-order valence-corrected chi connectivity index (χ2v) is 5.07. The fourth-order valence-corrected chi connectivity index (χ4v) is 2.65. The summed E-state index contributed by atoms with van der Waals surface area (Å²) >= 11 is 0. The lowest BCUT2D eigenvalue weighted by Crippen LogP contribution is -2.19. The molecule has 1 fully saturated rings. The zero-order chi connectivity index (χ0) is 13.5. The summed E-state index contributed by atoms with van der Waals surface area (Å²) in [5, 5.41) is 17.4. The van der Waals surface area contributed by atoms with E-state index in [0.29, 0.717) is 12.3 Å². The summed E-state index contributed by atoms with van der Waals surface area (Å²) < 4.78 is 7.45. The van der Waals surface area contributed by atoms with Crippen molar-refractivity contribution in [3.8, 4) is 6.07 Å². The zero-order valence-corrected chi connectivity index (χ0v) is 11.6. The maximum Gasteiger partial charge on any atom is 0.100 e. The van der Waals surface area contributed by atoms with Crippen LogP contribution in [0.15, 0.2) is 0 Å². The quantitative estimate of drug-likeness (QED) is 0.739. The molecule has 1 saturated heterocycles. The average molecular weight is 262 g/mol. The van der Waals surface area contributed by atoms with Crippen LogP contribution in [0.3, 0.4) is 0 Å². The summed E-state index contributed by atoms with van der Waals surface area (Å²) in [6.45, 7) is 4.72. The minimum Gasteiger partial charge on any atom is -0.381 e. The van der Waals surface area contributed by atoms with E-state index in [9.17, 15) is 0 Å². The molecule has 0 bridgehead atoms. The van der Waals surface area contributed by atoms with Gasteiger partial charge < -0.3 is 4.74 Å². The Labute approximate surface area is 114 Å². The molecule has 2 heterocycles. The fourth-order valence-electron chi connectivity index (χ4n) is 2.65. The molecular weight excluding hydrogens is 240 g/mol. The van der Waals surface area contributed by atoms with Gasteiger partial charge in [-0.25, -0.2) is 4.68 Å². The summed E-state index contributed by atoms with van der Waals surface area (Å²) in [7, 11) is 0. The van der Waals surface area contributed by atoms with E-state index >= 15 is 0 Å². The van der Waals surface area contributed by atoms with Crippen molar-refractivity contribution in [3.63, 3.8) is 0 Å². The van der Waals surface area contributed by atoms with Gasteiger partial charge in [0.25, 0.3) is 0 Å². The molecule has 5 heteroatoms. The van der Waals surface area contributed by atoms with E-state index in [-0.39, 0.29) is 0 Å². The second kappa shape index (κ2) is 7.25. The summed E-state index contributed by atoms with van der Waals surface area (Å²) in [6, 6.07) is 2.20. The highest BCUT2D eigenvalue weighted by atomic mass is 16.5. The monoisotopic (exact) mass is 262 g/mol. The SMILES string of the molecule is CCCCCn1nnc(CC#N)c1C1CCOCC1. The summed E-state index contributed by atoms with van der Waals surface area (Å²) in [5.74, 6) is 0.453. The standard InChI is InChI=1S/C14H22N4O/c1-2-3-4-9-18-14(12-6-10-19-11-7-12)13(5-8-15)16-17-18/h12H,2-7,9-11H2,1H3. The van der Waals surface area contributed by atoms with Gasteiger partial charge in [-0.1, -0.05) is 25.0 Å². The van der Waals surface area contributed by atoms with Gasteiger partial charge in [0.2, 0.25) is 0 Å². The van der Waals surface area contributed by atoms with Crippen LogP contribution in [0.2, 0.25) is 0 Å². The van der Waals surface area contributed by atoms with Gasteiger partial charge in [-0.2, -0.15) is 5.26 Å². The minimum absolute atomic E-state index is 0.362. The van der Waals surface area contributed by atoms with Crippen LogP contribution in [0.1, 0.15) is 56.3 Å². The Kier molecular flexibility index (Phi) is 5.34. The van der Waals surface area contributed by atoms with Crippen molar-refractivity contribution in [1.29, 1.82) is 5.26 Å². The summed E-state index contributed by atoms with van der Waals surface area (Å²) in [6.07, 6.45) is 5.93. The first-order valence-corrected chi connectivity index (χ1v) is 7.23. The molecular formula is C14H22N4O. The lowest BCUT2D eigenvalue weighted by Gasteiger charge is -2.23. The lowest BCUT2D eigenvalue weighted by molar-refractivity contribution is 0.0833. The van der Waals surface area contributed by atoms with Gasteiger partial charge in [0.1, 0.15) is 5.69 Å². The van der Waals surface area contributed by atoms with Crippen molar-refractivity contribution >= 4 is 0 Å². The molecule has 1 aliphatic heterocycles. The van der Waals surface area contributed by atoms with Crippen molar-refractivity contribution in [1.82, 2.24) is 15.0 Å². The van der Waals surface area contributed by atoms with Crippen LogP contribution in [0.25, 0.3) is 0 Å². The fraction of sp³-hybridized carbons (Fsp3) is 0.786. The van der Waals surface area contributed by atoms with Crippen molar-refractivity contribution in [2.45, 2.75) is 57.9 Å². The molecule has 0 N–H and O–H groups in total. The van der Waals surface area contributed by atoms with Gasteiger partial charge in [-0.15, -0.1) is 5.10 Å². The van der Waals surface area contributed by atoms with Gasteiger partial charge in [-0.05, 0) is 19.3 Å². The van der Waals surface area contributed by atoms with Gasteiger partial charge in [-0.3, -0.25) is 0 Å². The van der Waals surface area contributed by atoms with Crippen LogP contribution in [0.4, 0.5) is 0 Å². The van der Waals surface area contributed by atoms with E-state index in [2.05, 4.69) is 23.3 Å². The van der Waals surface area contributed by atoms with Crippen molar-refractivity contribution in [2.75, 3.05) is 13.2 Å². The van der Waals surface area contributed by atoms with E-state index in [1.54, 1.807) is 0 Å². The molecule has 0 unspecified atom stereocenters. The van der Waals surface area contributed by atoms with Crippen LogP contribution < -0.4 is 0 Å². The van der Waals surface area contributed by atoms with Crippen LogP contribution in [-0.2, 0) is 17.7 Å². The Morgan fingerprint density at radius 1 is 1.37 bits per heavy atom. The number of unbranched alkanes of at least 4 members (excludes halogenated alkanes) is 2. The average Bonchev–Trinajstić information content (AvgIpc) is 2.84. The first kappa shape index (κ1) is 14.0. The first-order chi connectivity index (χ1) is 9.36. The molecule has 0 saturated carbocycles. The van der Waals surface area contributed by atoms with Crippen LogP contribution in [0.5, 0.6) is 0 Å². The molecule has 2 rings (SSSR count). The Hall–Kier alpha value is -1.41. The van der Waals surface area contributed by atoms with E-state index in [1.165, 1.54) is 18.5 Å². The topological polar surface area (TPSA) is 63.7 Å². The highest BCUT2D eigenvalue weighted by molar-refractivity contribution is 5.19. The molecule has 0 atom stereocenters. The Balaban J connectivity index is 2.15. The normalized spacial score (nSPS) is 16.4. The van der Waals surface area contributed by atoms with Crippen molar-refractivity contribution in [3.05, 3.63) is 11.4 Å². The third kappa shape index (κ3) is 3.54. The number of rotatable bonds is 6. The number of hydrogen-bond donors (Lipinski definition) is 0. The number of nitrogens with zero attached hydrogens (tertiary/aromatic N) is 4.